The molecule has 1 aliphatic heterocycles. The van der Waals surface area contributed by atoms with Crippen molar-refractivity contribution in [2.24, 2.45) is 0 Å². The number of thioether (sulfide) groups is 1. The summed E-state index contributed by atoms with van der Waals surface area (Å²) in [6.45, 7) is 0. The summed E-state index contributed by atoms with van der Waals surface area (Å²) < 4.78 is 0. The molecule has 0 atom stereocenters. The molecule has 0 unspecified atom stereocenters. The summed E-state index contributed by atoms with van der Waals surface area (Å²) in [7, 11) is 0. The quantitative estimate of drug-likeness (QED) is 0.895. The largest absolute Gasteiger partial charge is 0.480 e. The highest BCUT2D eigenvalue weighted by Gasteiger charge is 2.41. The molecule has 0 spiro atoms. The molecule has 4 nitrogen and oxygen atoms in total. The molecule has 0 bridgehead atoms. The maximum atomic E-state index is 12.1. The Morgan fingerprint density at radius 2 is 1.95 bits per heavy atom. The number of aliphatic carboxylic acids is 1. The zero-order chi connectivity index (χ0) is 14.6. The van der Waals surface area contributed by atoms with E-state index in [-0.39, 0.29) is 12.3 Å². The van der Waals surface area contributed by atoms with Gasteiger partial charge in [-0.1, -0.05) is 29.8 Å². The number of rotatable bonds is 4. The second kappa shape index (κ2) is 6.50. The summed E-state index contributed by atoms with van der Waals surface area (Å²) in [5.41, 5.74) is -0.416. The van der Waals surface area contributed by atoms with Gasteiger partial charge in [0.25, 0.3) is 0 Å². The Hall–Kier alpha value is -1.20. The summed E-state index contributed by atoms with van der Waals surface area (Å²) in [5.74, 6) is 0.245. The van der Waals surface area contributed by atoms with E-state index < -0.39 is 11.5 Å². The van der Waals surface area contributed by atoms with Gasteiger partial charge in [0.1, 0.15) is 5.54 Å². The Morgan fingerprint density at radius 1 is 1.30 bits per heavy atom. The van der Waals surface area contributed by atoms with Gasteiger partial charge in [-0.15, -0.1) is 0 Å². The van der Waals surface area contributed by atoms with E-state index in [1.165, 1.54) is 0 Å². The van der Waals surface area contributed by atoms with E-state index in [2.05, 4.69) is 5.32 Å². The van der Waals surface area contributed by atoms with Gasteiger partial charge in [0.05, 0.1) is 6.42 Å². The van der Waals surface area contributed by atoms with Crippen molar-refractivity contribution in [3.8, 4) is 0 Å². The van der Waals surface area contributed by atoms with Crippen molar-refractivity contribution in [3.63, 3.8) is 0 Å². The number of amides is 1. The Balaban J connectivity index is 2.06. The van der Waals surface area contributed by atoms with Gasteiger partial charge in [-0.2, -0.15) is 11.8 Å². The lowest BCUT2D eigenvalue weighted by molar-refractivity contribution is -0.148. The van der Waals surface area contributed by atoms with E-state index >= 15 is 0 Å². The molecule has 1 aromatic carbocycles. The highest BCUT2D eigenvalue weighted by molar-refractivity contribution is 7.99. The fourth-order valence-corrected chi connectivity index (χ4v) is 3.63. The molecule has 20 heavy (non-hydrogen) atoms. The number of hydrogen-bond acceptors (Lipinski definition) is 3. The second-order valence-corrected chi connectivity index (χ2v) is 6.45. The van der Waals surface area contributed by atoms with Crippen LogP contribution in [-0.4, -0.2) is 34.0 Å². The highest BCUT2D eigenvalue weighted by atomic mass is 35.5. The molecule has 0 aromatic heterocycles. The van der Waals surface area contributed by atoms with Gasteiger partial charge >= 0.3 is 5.97 Å². The fourth-order valence-electron chi connectivity index (χ4n) is 2.24. The van der Waals surface area contributed by atoms with Crippen LogP contribution in [0, 0.1) is 0 Å². The molecule has 1 saturated heterocycles. The van der Waals surface area contributed by atoms with Crippen LogP contribution in [0.2, 0.25) is 5.02 Å². The average Bonchev–Trinajstić information content (AvgIpc) is 2.42. The average molecular weight is 314 g/mol. The first kappa shape index (κ1) is 15.2. The molecule has 2 rings (SSSR count). The predicted molar refractivity (Wildman–Crippen MR) is 80.2 cm³/mol. The zero-order valence-corrected chi connectivity index (χ0v) is 12.5. The number of hydrogen-bond donors (Lipinski definition) is 2. The van der Waals surface area contributed by atoms with E-state index in [0.29, 0.717) is 23.4 Å². The first-order valence-electron chi connectivity index (χ1n) is 6.39. The Kier molecular flexibility index (Phi) is 4.94. The van der Waals surface area contributed by atoms with Gasteiger partial charge in [0, 0.05) is 5.02 Å². The molecule has 1 aromatic rings. The number of carboxylic acids is 1. The van der Waals surface area contributed by atoms with Crippen LogP contribution < -0.4 is 5.32 Å². The van der Waals surface area contributed by atoms with Crippen LogP contribution in [0.5, 0.6) is 0 Å². The Bertz CT molecular complexity index is 515. The summed E-state index contributed by atoms with van der Waals surface area (Å²) in [6, 6.07) is 7.08. The molecule has 1 amide bonds. The molecule has 1 heterocycles. The number of halogens is 1. The highest BCUT2D eigenvalue weighted by Crippen LogP contribution is 2.27. The van der Waals surface area contributed by atoms with Crippen molar-refractivity contribution in [2.75, 3.05) is 11.5 Å². The molecule has 0 aliphatic carbocycles. The number of nitrogens with one attached hydrogen (secondary N) is 1. The first-order valence-corrected chi connectivity index (χ1v) is 7.92. The molecule has 6 heteroatoms. The third-order valence-electron chi connectivity index (χ3n) is 3.44. The van der Waals surface area contributed by atoms with Gasteiger partial charge in [-0.05, 0) is 36.0 Å². The molecule has 1 fully saturated rings. The van der Waals surface area contributed by atoms with Crippen LogP contribution >= 0.6 is 23.4 Å². The van der Waals surface area contributed by atoms with Gasteiger partial charge in [-0.3, -0.25) is 4.79 Å². The topological polar surface area (TPSA) is 66.4 Å². The fraction of sp³-hybridized carbons (Fsp3) is 0.429. The van der Waals surface area contributed by atoms with Crippen molar-refractivity contribution < 1.29 is 14.7 Å². The number of benzene rings is 1. The number of carboxylic acid groups (broad SMARTS) is 1. The minimum absolute atomic E-state index is 0.0991. The Morgan fingerprint density at radius 3 is 2.55 bits per heavy atom. The number of carbonyl (C=O) groups excluding carboxylic acids is 1. The first-order chi connectivity index (χ1) is 9.53. The van der Waals surface area contributed by atoms with Gasteiger partial charge in [0.2, 0.25) is 5.91 Å². The standard InChI is InChI=1S/C14H16ClNO3S/c15-11-4-2-1-3-10(11)9-12(17)16-14(13(18)19)5-7-20-8-6-14/h1-4H,5-9H2,(H,16,17)(H,18,19). The lowest BCUT2D eigenvalue weighted by Gasteiger charge is -2.33. The lowest BCUT2D eigenvalue weighted by Crippen LogP contribution is -2.56. The van der Waals surface area contributed by atoms with Gasteiger partial charge in [0.15, 0.2) is 0 Å². The van der Waals surface area contributed by atoms with Crippen LogP contribution in [0.25, 0.3) is 0 Å². The lowest BCUT2D eigenvalue weighted by atomic mass is 9.92. The van der Waals surface area contributed by atoms with Crippen LogP contribution in [0.4, 0.5) is 0 Å². The maximum absolute atomic E-state index is 12.1. The van der Waals surface area contributed by atoms with Crippen LogP contribution in [-0.2, 0) is 16.0 Å². The third-order valence-corrected chi connectivity index (χ3v) is 4.80. The molecular formula is C14H16ClNO3S. The zero-order valence-electron chi connectivity index (χ0n) is 10.9. The maximum Gasteiger partial charge on any atom is 0.329 e. The second-order valence-electron chi connectivity index (χ2n) is 4.82. The molecular weight excluding hydrogens is 298 g/mol. The predicted octanol–water partition coefficient (Wildman–Crippen LogP) is 2.35. The smallest absolute Gasteiger partial charge is 0.329 e. The van der Waals surface area contributed by atoms with E-state index in [4.69, 9.17) is 11.6 Å². The number of carbonyl (C=O) groups is 2. The van der Waals surface area contributed by atoms with Crippen molar-refractivity contribution in [1.29, 1.82) is 0 Å². The van der Waals surface area contributed by atoms with Crippen molar-refractivity contribution in [3.05, 3.63) is 34.9 Å². The molecule has 0 saturated carbocycles. The van der Waals surface area contributed by atoms with E-state index in [1.54, 1.807) is 36.0 Å². The van der Waals surface area contributed by atoms with E-state index in [1.807, 2.05) is 0 Å². The normalized spacial score (nSPS) is 17.4. The van der Waals surface area contributed by atoms with Gasteiger partial charge < -0.3 is 10.4 Å². The van der Waals surface area contributed by atoms with Crippen LogP contribution in [0.3, 0.4) is 0 Å². The minimum Gasteiger partial charge on any atom is -0.480 e. The summed E-state index contributed by atoms with van der Waals surface area (Å²) >= 11 is 7.72. The van der Waals surface area contributed by atoms with E-state index in [9.17, 15) is 14.7 Å². The van der Waals surface area contributed by atoms with Crippen molar-refractivity contribution in [2.45, 2.75) is 24.8 Å². The summed E-state index contributed by atoms with van der Waals surface area (Å²) in [4.78, 5) is 23.6. The summed E-state index contributed by atoms with van der Waals surface area (Å²) in [6.07, 6.45) is 1.02. The minimum atomic E-state index is -1.12. The van der Waals surface area contributed by atoms with E-state index in [0.717, 1.165) is 11.5 Å². The molecule has 108 valence electrons. The third kappa shape index (κ3) is 3.46. The molecule has 2 N–H and O–H groups in total. The molecule has 1 aliphatic rings. The van der Waals surface area contributed by atoms with Crippen LogP contribution in [0.15, 0.2) is 24.3 Å². The summed E-state index contributed by atoms with van der Waals surface area (Å²) in [5, 5.41) is 12.6. The molecule has 0 radical (unpaired) electrons. The SMILES string of the molecule is O=C(Cc1ccccc1Cl)NC1(C(=O)O)CCSCC1. The van der Waals surface area contributed by atoms with Crippen LogP contribution in [0.1, 0.15) is 18.4 Å². The Labute approximate surface area is 126 Å². The van der Waals surface area contributed by atoms with Crippen molar-refractivity contribution in [1.82, 2.24) is 5.32 Å². The van der Waals surface area contributed by atoms with Crippen molar-refractivity contribution >= 4 is 35.2 Å². The monoisotopic (exact) mass is 313 g/mol. The van der Waals surface area contributed by atoms with Gasteiger partial charge in [-0.25, -0.2) is 4.79 Å².